The zero-order valence-electron chi connectivity index (χ0n) is 30.5. The first-order valence-corrected chi connectivity index (χ1v) is 19.8. The van der Waals surface area contributed by atoms with Crippen LogP contribution in [0.1, 0.15) is 28.3 Å². The van der Waals surface area contributed by atoms with Gasteiger partial charge in [-0.15, -0.1) is 11.6 Å². The number of hydrogen-bond donors (Lipinski definition) is 1. The van der Waals surface area contributed by atoms with Gasteiger partial charge in [-0.05, 0) is 34.7 Å². The molecule has 3 aliphatic rings. The number of anilines is 1. The van der Waals surface area contributed by atoms with Crippen molar-refractivity contribution in [2.75, 3.05) is 63.4 Å². The molecule has 56 heavy (non-hydrogen) atoms. The molecule has 2 aromatic carbocycles. The summed E-state index contributed by atoms with van der Waals surface area (Å²) in [5.41, 5.74) is 6.31. The lowest BCUT2D eigenvalue weighted by Crippen LogP contribution is -2.59. The normalized spacial score (nSPS) is 16.5. The second-order valence-corrected chi connectivity index (χ2v) is 15.0. The Bertz CT molecular complexity index is 2270. The molecule has 3 aromatic heterocycles. The molecule has 3 amide bonds. The van der Waals surface area contributed by atoms with Crippen molar-refractivity contribution in [2.24, 2.45) is 0 Å². The first kappa shape index (κ1) is 37.5. The molecule has 2 aliphatic heterocycles. The quantitative estimate of drug-likeness (QED) is 0.173. The number of aromatic nitrogens is 4. The van der Waals surface area contributed by atoms with E-state index in [-0.39, 0.29) is 49.1 Å². The molecule has 13 nitrogen and oxygen atoms in total. The number of nitrogens with one attached hydrogen (secondary N) is 1. The minimum absolute atomic E-state index is 0.0448. The summed E-state index contributed by atoms with van der Waals surface area (Å²) in [6.07, 6.45) is 2.60. The Labute approximate surface area is 331 Å². The van der Waals surface area contributed by atoms with E-state index in [1.165, 1.54) is 25.1 Å². The van der Waals surface area contributed by atoms with Crippen molar-refractivity contribution in [3.8, 4) is 17.0 Å². The summed E-state index contributed by atoms with van der Waals surface area (Å²) < 4.78 is 26.7. The third kappa shape index (κ3) is 7.71. The highest BCUT2D eigenvalue weighted by atomic mass is 35.5. The number of carbonyl (C=O) groups is 3. The zero-order valence-corrected chi connectivity index (χ0v) is 32.1. The number of carbonyl (C=O) groups excluding carboxylic acids is 3. The lowest BCUT2D eigenvalue weighted by atomic mass is 9.98. The fourth-order valence-corrected chi connectivity index (χ4v) is 8.53. The Hall–Kier alpha value is -5.38. The summed E-state index contributed by atoms with van der Waals surface area (Å²) in [5, 5.41) is 3.34. The van der Waals surface area contributed by atoms with Crippen molar-refractivity contribution in [3.63, 3.8) is 0 Å². The number of nitrogens with zero attached hydrogens (tertiary/aromatic N) is 7. The van der Waals surface area contributed by atoms with Crippen LogP contribution in [0.2, 0.25) is 0 Å². The Morgan fingerprint density at radius 1 is 1.02 bits per heavy atom. The number of methoxy groups -OCH3 is 1. The highest BCUT2D eigenvalue weighted by Crippen LogP contribution is 2.44. The highest BCUT2D eigenvalue weighted by Gasteiger charge is 2.36. The van der Waals surface area contributed by atoms with Crippen LogP contribution in [0, 0.1) is 5.82 Å². The van der Waals surface area contributed by atoms with E-state index in [2.05, 4.69) is 54.4 Å². The lowest BCUT2D eigenvalue weighted by molar-refractivity contribution is -0.130. The van der Waals surface area contributed by atoms with Crippen molar-refractivity contribution in [1.82, 2.24) is 34.6 Å². The molecule has 8 rings (SSSR count). The maximum absolute atomic E-state index is 15.3. The van der Waals surface area contributed by atoms with Gasteiger partial charge in [-0.2, -0.15) is 0 Å². The minimum atomic E-state index is -0.523. The van der Waals surface area contributed by atoms with Crippen molar-refractivity contribution < 1.29 is 28.2 Å². The third-order valence-electron chi connectivity index (χ3n) is 10.4. The fourth-order valence-electron chi connectivity index (χ4n) is 7.66. The topological polar surface area (TPSA) is 143 Å². The van der Waals surface area contributed by atoms with E-state index in [1.54, 1.807) is 28.1 Å². The van der Waals surface area contributed by atoms with Gasteiger partial charge in [-0.25, -0.2) is 24.1 Å². The van der Waals surface area contributed by atoms with Crippen LogP contribution < -0.4 is 10.1 Å². The largest absolute Gasteiger partial charge is 0.481 e. The van der Waals surface area contributed by atoms with E-state index in [1.807, 2.05) is 24.3 Å². The maximum atomic E-state index is 15.3. The number of piperazine rings is 1. The molecule has 288 valence electrons. The molecule has 1 N–H and O–H groups in total. The summed E-state index contributed by atoms with van der Waals surface area (Å²) in [7, 11) is 1.50. The molecule has 5 aromatic rings. The monoisotopic (exact) mass is 796 g/mol. The van der Waals surface area contributed by atoms with Crippen LogP contribution in [0.15, 0.2) is 78.1 Å². The number of rotatable bonds is 11. The van der Waals surface area contributed by atoms with Crippen molar-refractivity contribution >= 4 is 58.1 Å². The van der Waals surface area contributed by atoms with Crippen molar-refractivity contribution in [2.45, 2.75) is 30.0 Å². The summed E-state index contributed by atoms with van der Waals surface area (Å²) in [5.74, 6) is -0.484. The fraction of sp³-hybridized carbons (Fsp3) is 0.325. The van der Waals surface area contributed by atoms with Gasteiger partial charge in [0.2, 0.25) is 17.7 Å². The number of alkyl halides is 1. The van der Waals surface area contributed by atoms with Gasteiger partial charge < -0.3 is 24.6 Å². The highest BCUT2D eigenvalue weighted by molar-refractivity contribution is 8.00. The van der Waals surface area contributed by atoms with E-state index < -0.39 is 18.0 Å². The molecule has 0 bridgehead atoms. The third-order valence-corrected chi connectivity index (χ3v) is 11.6. The summed E-state index contributed by atoms with van der Waals surface area (Å²) >= 11 is 7.43. The predicted octanol–water partition coefficient (Wildman–Crippen LogP) is 5.36. The van der Waals surface area contributed by atoms with Gasteiger partial charge >= 0.3 is 6.09 Å². The molecule has 5 heterocycles. The number of ether oxygens (including phenoxy) is 2. The van der Waals surface area contributed by atoms with Crippen LogP contribution in [-0.4, -0.2) is 117 Å². The number of hydrogen-bond acceptors (Lipinski definition) is 11. The molecule has 1 fully saturated rings. The molecule has 0 spiro atoms. The molecular weight excluding hydrogens is 759 g/mol. The van der Waals surface area contributed by atoms with E-state index >= 15 is 4.39 Å². The van der Waals surface area contributed by atoms with Gasteiger partial charge in [0.25, 0.3) is 0 Å². The van der Waals surface area contributed by atoms with Crippen molar-refractivity contribution in [3.05, 3.63) is 101 Å². The number of fused-ring (bicyclic) bond motifs is 5. The average Bonchev–Trinajstić information content (AvgIpc) is 3.54. The number of thioether (sulfide) groups is 1. The SMILES string of the molecule is COc1ccc2ncc(F)c(CCN3CCN(C(=O)OCC4c5ccccc5-c5ccccc54)C(CN(Cc4cnc5c(n4)NC(=O)CS5)C(=O)CCl)C3)c2n1. The smallest absolute Gasteiger partial charge is 0.410 e. The molecule has 0 saturated carbocycles. The van der Waals surface area contributed by atoms with E-state index in [4.69, 9.17) is 21.1 Å². The number of amides is 3. The van der Waals surface area contributed by atoms with E-state index in [9.17, 15) is 14.4 Å². The Morgan fingerprint density at radius 3 is 2.54 bits per heavy atom. The Kier molecular flexibility index (Phi) is 11.0. The van der Waals surface area contributed by atoms with Gasteiger partial charge in [0.15, 0.2) is 5.82 Å². The van der Waals surface area contributed by atoms with Gasteiger partial charge in [-0.1, -0.05) is 60.3 Å². The standard InChI is InChI=1S/C40H38ClFN8O5S/c1-54-35-11-10-33-37(47-35)30(32(42)18-43-33)12-13-48-14-15-50(40(53)55-22-31-28-8-4-2-6-26(28)27-7-3-5-9-29(27)31)25(20-48)21-49(36(52)16-41)19-24-17-44-39-38(45-24)46-34(51)23-56-39/h2-11,17-18,25,31H,12-16,19-23H2,1H3,(H,45,46,51). The maximum Gasteiger partial charge on any atom is 0.410 e. The van der Waals surface area contributed by atoms with Gasteiger partial charge in [0.1, 0.15) is 23.3 Å². The van der Waals surface area contributed by atoms with Gasteiger partial charge in [-0.3, -0.25) is 19.5 Å². The Morgan fingerprint density at radius 2 is 1.79 bits per heavy atom. The molecule has 1 aliphatic carbocycles. The molecule has 1 atom stereocenters. The molecule has 1 unspecified atom stereocenters. The van der Waals surface area contributed by atoms with Gasteiger partial charge in [0, 0.05) is 50.3 Å². The average molecular weight is 797 g/mol. The van der Waals surface area contributed by atoms with Crippen LogP contribution in [0.3, 0.4) is 0 Å². The van der Waals surface area contributed by atoms with Crippen LogP contribution in [-0.2, 0) is 27.3 Å². The van der Waals surface area contributed by atoms with Crippen LogP contribution in [0.5, 0.6) is 5.88 Å². The lowest BCUT2D eigenvalue weighted by Gasteiger charge is -2.42. The first-order chi connectivity index (χ1) is 27.3. The van der Waals surface area contributed by atoms with E-state index in [0.717, 1.165) is 22.3 Å². The first-order valence-electron chi connectivity index (χ1n) is 18.2. The number of pyridine rings is 2. The zero-order chi connectivity index (χ0) is 38.8. The van der Waals surface area contributed by atoms with Crippen molar-refractivity contribution in [1.29, 1.82) is 0 Å². The molecule has 16 heteroatoms. The molecule has 1 saturated heterocycles. The second-order valence-electron chi connectivity index (χ2n) is 13.8. The van der Waals surface area contributed by atoms with Crippen LogP contribution in [0.4, 0.5) is 15.0 Å². The van der Waals surface area contributed by atoms with Crippen LogP contribution in [0.25, 0.3) is 22.2 Å². The summed E-state index contributed by atoms with van der Waals surface area (Å²) in [6.45, 7) is 1.89. The molecular formula is C40H38ClFN8O5S. The van der Waals surface area contributed by atoms with Crippen LogP contribution >= 0.6 is 23.4 Å². The Balaban J connectivity index is 1.03. The predicted molar refractivity (Wildman–Crippen MR) is 209 cm³/mol. The molecule has 0 radical (unpaired) electrons. The second kappa shape index (κ2) is 16.4. The summed E-state index contributed by atoms with van der Waals surface area (Å²) in [6, 6.07) is 19.2. The van der Waals surface area contributed by atoms with Gasteiger partial charge in [0.05, 0.1) is 54.6 Å². The minimum Gasteiger partial charge on any atom is -0.481 e. The number of benzene rings is 2. The van der Waals surface area contributed by atoms with E-state index in [0.29, 0.717) is 71.6 Å². The summed E-state index contributed by atoms with van der Waals surface area (Å²) in [4.78, 5) is 62.6. The number of halogens is 2.